The third-order valence-electron chi connectivity index (χ3n) is 6.21. The van der Waals surface area contributed by atoms with Gasteiger partial charge < -0.3 is 14.4 Å². The highest BCUT2D eigenvalue weighted by Gasteiger charge is 2.26. The minimum absolute atomic E-state index is 0.0905. The first-order valence-corrected chi connectivity index (χ1v) is 12.0. The van der Waals surface area contributed by atoms with Gasteiger partial charge in [-0.2, -0.15) is 0 Å². The normalized spacial score (nSPS) is 14.3. The lowest BCUT2D eigenvalue weighted by Crippen LogP contribution is -2.49. The van der Waals surface area contributed by atoms with E-state index in [1.807, 2.05) is 53.4 Å². The zero-order chi connectivity index (χ0) is 22.2. The van der Waals surface area contributed by atoms with Gasteiger partial charge in [-0.15, -0.1) is 0 Å². The van der Waals surface area contributed by atoms with Crippen LogP contribution in [0.3, 0.4) is 0 Å². The van der Waals surface area contributed by atoms with Crippen molar-refractivity contribution in [3.05, 3.63) is 90.3 Å². The van der Waals surface area contributed by atoms with Gasteiger partial charge in [0.15, 0.2) is 5.13 Å². The number of hydrogen-bond donors (Lipinski definition) is 0. The van der Waals surface area contributed by atoms with Gasteiger partial charge in [0.05, 0.1) is 0 Å². The Morgan fingerprint density at radius 3 is 2.52 bits per heavy atom. The molecule has 1 saturated heterocycles. The third-order valence-corrected chi connectivity index (χ3v) is 7.25. The molecule has 0 saturated carbocycles. The van der Waals surface area contributed by atoms with Crippen molar-refractivity contribution in [1.29, 1.82) is 0 Å². The lowest BCUT2D eigenvalue weighted by Gasteiger charge is -2.34. The van der Waals surface area contributed by atoms with Crippen LogP contribution in [0.5, 0.6) is 0 Å². The van der Waals surface area contributed by atoms with Crippen molar-refractivity contribution in [1.82, 2.24) is 19.4 Å². The summed E-state index contributed by atoms with van der Waals surface area (Å²) in [5.74, 6) is 0.0905. The second kappa shape index (κ2) is 8.33. The quantitative estimate of drug-likeness (QED) is 0.397. The van der Waals surface area contributed by atoms with Crippen molar-refractivity contribution < 1.29 is 4.79 Å². The standard InChI is InChI=1S/C26H23N5OS/c32-25(29-13-15-30(16-14-29)26-28-21-10-6-12-27-24(21)33-26)23-17-20-9-4-5-11-22(20)31(23)18-19-7-2-1-3-8-19/h1-12,17H,13-16,18H2. The average molecular weight is 454 g/mol. The predicted molar refractivity (Wildman–Crippen MR) is 133 cm³/mol. The zero-order valence-electron chi connectivity index (χ0n) is 18.1. The molecule has 0 bridgehead atoms. The maximum absolute atomic E-state index is 13.6. The average Bonchev–Trinajstić information content (AvgIpc) is 3.46. The Labute approximate surface area is 195 Å². The number of piperazine rings is 1. The van der Waals surface area contributed by atoms with Crippen LogP contribution in [-0.4, -0.2) is 51.5 Å². The van der Waals surface area contributed by atoms with Gasteiger partial charge in [-0.25, -0.2) is 9.97 Å². The largest absolute Gasteiger partial charge is 0.344 e. The van der Waals surface area contributed by atoms with Crippen molar-refractivity contribution in [2.24, 2.45) is 0 Å². The number of para-hydroxylation sites is 1. The van der Waals surface area contributed by atoms with E-state index in [0.717, 1.165) is 45.2 Å². The van der Waals surface area contributed by atoms with Gasteiger partial charge in [0, 0.05) is 49.8 Å². The molecule has 33 heavy (non-hydrogen) atoms. The summed E-state index contributed by atoms with van der Waals surface area (Å²) in [4.78, 5) is 27.9. The van der Waals surface area contributed by atoms with Crippen LogP contribution >= 0.6 is 11.3 Å². The molecule has 0 unspecified atom stereocenters. The first kappa shape index (κ1) is 19.9. The highest BCUT2D eigenvalue weighted by atomic mass is 32.1. The Kier molecular flexibility index (Phi) is 5.03. The van der Waals surface area contributed by atoms with Gasteiger partial charge in [-0.1, -0.05) is 59.9 Å². The molecule has 0 radical (unpaired) electrons. The first-order valence-electron chi connectivity index (χ1n) is 11.1. The molecule has 6 nitrogen and oxygen atoms in total. The van der Waals surface area contributed by atoms with Crippen LogP contribution in [0.15, 0.2) is 79.0 Å². The van der Waals surface area contributed by atoms with Crippen molar-refractivity contribution in [3.63, 3.8) is 0 Å². The summed E-state index contributed by atoms with van der Waals surface area (Å²) < 4.78 is 2.15. The zero-order valence-corrected chi connectivity index (χ0v) is 18.9. The van der Waals surface area contributed by atoms with E-state index in [1.54, 1.807) is 17.5 Å². The molecule has 7 heteroatoms. The number of carbonyl (C=O) groups is 1. The molecule has 0 N–H and O–H groups in total. The van der Waals surface area contributed by atoms with Gasteiger partial charge in [0.25, 0.3) is 5.91 Å². The second-order valence-electron chi connectivity index (χ2n) is 8.26. The molecule has 0 aliphatic carbocycles. The van der Waals surface area contributed by atoms with Crippen LogP contribution in [0.1, 0.15) is 16.1 Å². The number of benzene rings is 2. The van der Waals surface area contributed by atoms with E-state index < -0.39 is 0 Å². The summed E-state index contributed by atoms with van der Waals surface area (Å²) in [7, 11) is 0. The van der Waals surface area contributed by atoms with E-state index in [9.17, 15) is 4.79 Å². The topological polar surface area (TPSA) is 54.3 Å². The molecule has 6 rings (SSSR count). The molecule has 0 spiro atoms. The maximum Gasteiger partial charge on any atom is 0.270 e. The molecule has 164 valence electrons. The minimum atomic E-state index is 0.0905. The van der Waals surface area contributed by atoms with E-state index in [4.69, 9.17) is 4.98 Å². The number of amides is 1. The number of fused-ring (bicyclic) bond motifs is 2. The Morgan fingerprint density at radius 1 is 0.909 bits per heavy atom. The summed E-state index contributed by atoms with van der Waals surface area (Å²) in [6, 6.07) is 24.5. The minimum Gasteiger partial charge on any atom is -0.344 e. The van der Waals surface area contributed by atoms with Crippen LogP contribution in [0.4, 0.5) is 5.13 Å². The summed E-state index contributed by atoms with van der Waals surface area (Å²) in [5, 5.41) is 2.08. The number of pyridine rings is 1. The lowest BCUT2D eigenvalue weighted by atomic mass is 10.2. The third kappa shape index (κ3) is 3.74. The van der Waals surface area contributed by atoms with Crippen LogP contribution < -0.4 is 4.90 Å². The molecule has 2 aromatic carbocycles. The van der Waals surface area contributed by atoms with E-state index >= 15 is 0 Å². The number of nitrogens with zero attached hydrogens (tertiary/aromatic N) is 5. The number of aromatic nitrogens is 3. The highest BCUT2D eigenvalue weighted by Crippen LogP contribution is 2.28. The molecule has 1 aliphatic rings. The highest BCUT2D eigenvalue weighted by molar-refractivity contribution is 7.21. The summed E-state index contributed by atoms with van der Waals surface area (Å²) in [6.07, 6.45) is 1.80. The number of anilines is 1. The maximum atomic E-state index is 13.6. The number of hydrogen-bond acceptors (Lipinski definition) is 5. The summed E-state index contributed by atoms with van der Waals surface area (Å²) in [5.41, 5.74) is 3.95. The van der Waals surface area contributed by atoms with E-state index in [1.165, 1.54) is 5.56 Å². The van der Waals surface area contributed by atoms with E-state index in [2.05, 4.69) is 38.7 Å². The number of thiazole rings is 1. The van der Waals surface area contributed by atoms with Crippen LogP contribution in [0.2, 0.25) is 0 Å². The molecule has 1 amide bonds. The van der Waals surface area contributed by atoms with Gasteiger partial charge in [-0.05, 0) is 29.8 Å². The van der Waals surface area contributed by atoms with Gasteiger partial charge in [0.1, 0.15) is 16.0 Å². The first-order chi connectivity index (χ1) is 16.3. The molecule has 1 fully saturated rings. The van der Waals surface area contributed by atoms with Crippen LogP contribution in [-0.2, 0) is 6.54 Å². The van der Waals surface area contributed by atoms with Crippen molar-refractivity contribution in [2.75, 3.05) is 31.1 Å². The molecule has 1 aliphatic heterocycles. The van der Waals surface area contributed by atoms with E-state index in [-0.39, 0.29) is 5.91 Å². The fourth-order valence-corrected chi connectivity index (χ4v) is 5.44. The monoisotopic (exact) mass is 453 g/mol. The number of rotatable bonds is 4. The lowest BCUT2D eigenvalue weighted by molar-refractivity contribution is 0.0737. The van der Waals surface area contributed by atoms with Crippen LogP contribution in [0, 0.1) is 0 Å². The second-order valence-corrected chi connectivity index (χ2v) is 9.22. The molecular weight excluding hydrogens is 430 g/mol. The summed E-state index contributed by atoms with van der Waals surface area (Å²) >= 11 is 1.61. The SMILES string of the molecule is O=C(c1cc2ccccc2n1Cc1ccccc1)N1CCN(c2nc3cccnc3s2)CC1. The van der Waals surface area contributed by atoms with Gasteiger partial charge in [-0.3, -0.25) is 4.79 Å². The van der Waals surface area contributed by atoms with E-state index in [0.29, 0.717) is 19.6 Å². The Balaban J connectivity index is 1.24. The van der Waals surface area contributed by atoms with Gasteiger partial charge in [0.2, 0.25) is 0 Å². The molecule has 4 heterocycles. The molecule has 5 aromatic rings. The predicted octanol–water partition coefficient (Wildman–Crippen LogP) is 4.66. The van der Waals surface area contributed by atoms with Gasteiger partial charge >= 0.3 is 0 Å². The van der Waals surface area contributed by atoms with Crippen LogP contribution in [0.25, 0.3) is 21.3 Å². The Hall–Kier alpha value is -3.71. The number of carbonyl (C=O) groups excluding carboxylic acids is 1. The Morgan fingerprint density at radius 2 is 1.70 bits per heavy atom. The molecule has 0 atom stereocenters. The summed E-state index contributed by atoms with van der Waals surface area (Å²) in [6.45, 7) is 3.56. The van der Waals surface area contributed by atoms with Crippen molar-refractivity contribution >= 4 is 43.6 Å². The fourth-order valence-electron chi connectivity index (χ4n) is 4.48. The molecular formula is C26H23N5OS. The Bertz CT molecular complexity index is 1400. The van der Waals surface area contributed by atoms with Crippen molar-refractivity contribution in [2.45, 2.75) is 6.54 Å². The smallest absolute Gasteiger partial charge is 0.270 e. The fraction of sp³-hybridized carbons (Fsp3) is 0.192. The van der Waals surface area contributed by atoms with Crippen molar-refractivity contribution in [3.8, 4) is 0 Å². The molecule has 3 aromatic heterocycles.